The highest BCUT2D eigenvalue weighted by Gasteiger charge is 2.13. The normalized spacial score (nSPS) is 10.6. The van der Waals surface area contributed by atoms with Crippen LogP contribution in [0.3, 0.4) is 0 Å². The number of hydrogen-bond donors (Lipinski definition) is 1. The third-order valence-electron chi connectivity index (χ3n) is 4.85. The van der Waals surface area contributed by atoms with E-state index in [1.165, 1.54) is 36.4 Å². The van der Waals surface area contributed by atoms with Crippen LogP contribution in [0.15, 0.2) is 79.0 Å². The van der Waals surface area contributed by atoms with Gasteiger partial charge in [-0.3, -0.25) is 19.6 Å². The summed E-state index contributed by atoms with van der Waals surface area (Å²) in [5.74, 6) is -0.0399. The van der Waals surface area contributed by atoms with Gasteiger partial charge in [0.25, 0.3) is 11.6 Å². The van der Waals surface area contributed by atoms with Crippen molar-refractivity contribution in [1.82, 2.24) is 9.78 Å². The van der Waals surface area contributed by atoms with Crippen molar-refractivity contribution in [3.63, 3.8) is 0 Å². The number of ether oxygens (including phenoxy) is 1. The average molecular weight is 481 g/mol. The van der Waals surface area contributed by atoms with Crippen LogP contribution in [0, 0.1) is 15.9 Å². The van der Waals surface area contributed by atoms with Crippen molar-refractivity contribution in [3.8, 4) is 5.75 Å². The van der Waals surface area contributed by atoms with Gasteiger partial charge in [0.05, 0.1) is 11.5 Å². The molecule has 10 heteroatoms. The van der Waals surface area contributed by atoms with Crippen molar-refractivity contribution in [3.05, 3.63) is 117 Å². The van der Waals surface area contributed by atoms with Crippen molar-refractivity contribution >= 4 is 29.0 Å². The van der Waals surface area contributed by atoms with Crippen LogP contribution in [-0.2, 0) is 13.2 Å². The zero-order valence-electron chi connectivity index (χ0n) is 17.7. The Hall–Kier alpha value is -4.24. The quantitative estimate of drug-likeness (QED) is 0.266. The number of nitrogens with zero attached hydrogens (tertiary/aromatic N) is 3. The van der Waals surface area contributed by atoms with Gasteiger partial charge in [-0.05, 0) is 47.5 Å². The van der Waals surface area contributed by atoms with Crippen LogP contribution in [0.1, 0.15) is 21.5 Å². The molecular formula is C24H18ClFN4O4. The molecule has 8 nitrogen and oxygen atoms in total. The Morgan fingerprint density at radius 1 is 1.09 bits per heavy atom. The molecule has 0 spiro atoms. The molecule has 0 saturated carbocycles. The van der Waals surface area contributed by atoms with Crippen LogP contribution in [-0.4, -0.2) is 20.6 Å². The molecule has 0 bridgehead atoms. The predicted molar refractivity (Wildman–Crippen MR) is 125 cm³/mol. The molecule has 0 unspecified atom stereocenters. The van der Waals surface area contributed by atoms with Crippen LogP contribution >= 0.6 is 11.6 Å². The van der Waals surface area contributed by atoms with E-state index in [-0.39, 0.29) is 29.0 Å². The van der Waals surface area contributed by atoms with Crippen molar-refractivity contribution in [2.24, 2.45) is 0 Å². The number of aromatic nitrogens is 2. The van der Waals surface area contributed by atoms with Gasteiger partial charge in [0, 0.05) is 23.9 Å². The molecule has 0 aliphatic carbocycles. The summed E-state index contributed by atoms with van der Waals surface area (Å²) < 4.78 is 20.3. The molecular weight excluding hydrogens is 463 g/mol. The highest BCUT2D eigenvalue weighted by Crippen LogP contribution is 2.22. The highest BCUT2D eigenvalue weighted by atomic mass is 35.5. The zero-order valence-corrected chi connectivity index (χ0v) is 18.4. The number of hydrogen-bond acceptors (Lipinski definition) is 5. The van der Waals surface area contributed by atoms with E-state index in [4.69, 9.17) is 16.3 Å². The molecule has 34 heavy (non-hydrogen) atoms. The molecule has 1 heterocycles. The number of nitro benzene ring substituents is 1. The molecule has 0 atom stereocenters. The summed E-state index contributed by atoms with van der Waals surface area (Å²) in [6.45, 7) is 0.539. The summed E-state index contributed by atoms with van der Waals surface area (Å²) in [6.07, 6.45) is 1.58. The number of rotatable bonds is 8. The summed E-state index contributed by atoms with van der Waals surface area (Å²) in [5.41, 5.74) is 1.93. The SMILES string of the molecule is O=C(Nc1nn(Cc2ccc(F)cc2)cc1Cl)c1cccc(COc2ccc([N+](=O)[O-])cc2)c1. The Bertz CT molecular complexity index is 1320. The first kappa shape index (κ1) is 22.9. The largest absolute Gasteiger partial charge is 0.489 e. The summed E-state index contributed by atoms with van der Waals surface area (Å²) >= 11 is 6.23. The van der Waals surface area contributed by atoms with Crippen LogP contribution in [0.25, 0.3) is 0 Å². The molecule has 1 amide bonds. The first-order chi connectivity index (χ1) is 16.4. The number of carbonyl (C=O) groups is 1. The maximum atomic E-state index is 13.1. The lowest BCUT2D eigenvalue weighted by Crippen LogP contribution is -2.13. The Kier molecular flexibility index (Phi) is 6.84. The van der Waals surface area contributed by atoms with Gasteiger partial charge in [-0.15, -0.1) is 0 Å². The van der Waals surface area contributed by atoms with Crippen molar-refractivity contribution in [2.45, 2.75) is 13.2 Å². The number of nitrogens with one attached hydrogen (secondary N) is 1. The molecule has 4 rings (SSSR count). The molecule has 1 aromatic heterocycles. The number of benzene rings is 3. The Labute approximate surface area is 198 Å². The van der Waals surface area contributed by atoms with Gasteiger partial charge in [0.2, 0.25) is 0 Å². The number of non-ortho nitro benzene ring substituents is 1. The van der Waals surface area contributed by atoms with E-state index in [2.05, 4.69) is 10.4 Å². The summed E-state index contributed by atoms with van der Waals surface area (Å²) in [6, 6.07) is 18.6. The summed E-state index contributed by atoms with van der Waals surface area (Å²) in [5, 5.41) is 18.0. The molecule has 4 aromatic rings. The molecule has 172 valence electrons. The minimum atomic E-state index is -0.482. The van der Waals surface area contributed by atoms with E-state index >= 15 is 0 Å². The Morgan fingerprint density at radius 3 is 2.53 bits per heavy atom. The molecule has 0 saturated heterocycles. The zero-order chi connectivity index (χ0) is 24.1. The maximum absolute atomic E-state index is 13.1. The van der Waals surface area contributed by atoms with E-state index < -0.39 is 10.8 Å². The standard InChI is InChI=1S/C24H18ClFN4O4/c25-22-14-29(13-16-4-6-19(26)7-5-16)28-23(22)27-24(31)18-3-1-2-17(12-18)15-34-21-10-8-20(9-11-21)30(32)33/h1-12,14H,13,15H2,(H,27,28,31). The second-order valence-corrected chi connectivity index (χ2v) is 7.75. The predicted octanol–water partition coefficient (Wildman–Crippen LogP) is 5.46. The van der Waals surface area contributed by atoms with Gasteiger partial charge >= 0.3 is 0 Å². The monoisotopic (exact) mass is 480 g/mol. The number of anilines is 1. The number of halogens is 2. The first-order valence-corrected chi connectivity index (χ1v) is 10.5. The molecule has 0 aliphatic heterocycles. The molecule has 1 N–H and O–H groups in total. The van der Waals surface area contributed by atoms with Crippen LogP contribution in [0.2, 0.25) is 5.02 Å². The van der Waals surface area contributed by atoms with Gasteiger partial charge in [0.15, 0.2) is 5.82 Å². The topological polar surface area (TPSA) is 99.3 Å². The second-order valence-electron chi connectivity index (χ2n) is 7.34. The second kappa shape index (κ2) is 10.1. The van der Waals surface area contributed by atoms with Crippen molar-refractivity contribution < 1.29 is 18.8 Å². The fourth-order valence-corrected chi connectivity index (χ4v) is 3.35. The van der Waals surface area contributed by atoms with E-state index in [0.717, 1.165) is 11.1 Å². The number of nitro groups is 1. The lowest BCUT2D eigenvalue weighted by molar-refractivity contribution is -0.384. The van der Waals surface area contributed by atoms with Gasteiger partial charge in [-0.25, -0.2) is 4.39 Å². The highest BCUT2D eigenvalue weighted by molar-refractivity contribution is 6.33. The van der Waals surface area contributed by atoms with Gasteiger partial charge in [0.1, 0.15) is 23.2 Å². The van der Waals surface area contributed by atoms with Gasteiger partial charge < -0.3 is 10.1 Å². The van der Waals surface area contributed by atoms with E-state index in [9.17, 15) is 19.3 Å². The van der Waals surface area contributed by atoms with Crippen molar-refractivity contribution in [1.29, 1.82) is 0 Å². The summed E-state index contributed by atoms with van der Waals surface area (Å²) in [4.78, 5) is 23.0. The Morgan fingerprint density at radius 2 is 1.82 bits per heavy atom. The van der Waals surface area contributed by atoms with Crippen molar-refractivity contribution in [2.75, 3.05) is 5.32 Å². The van der Waals surface area contributed by atoms with Gasteiger partial charge in [-0.1, -0.05) is 35.9 Å². The fraction of sp³-hybridized carbons (Fsp3) is 0.0833. The minimum absolute atomic E-state index is 0.0233. The minimum Gasteiger partial charge on any atom is -0.489 e. The average Bonchev–Trinajstić information content (AvgIpc) is 3.18. The number of amides is 1. The van der Waals surface area contributed by atoms with E-state index in [1.54, 1.807) is 47.3 Å². The maximum Gasteiger partial charge on any atom is 0.269 e. The fourth-order valence-electron chi connectivity index (χ4n) is 3.15. The molecule has 3 aromatic carbocycles. The summed E-state index contributed by atoms with van der Waals surface area (Å²) in [7, 11) is 0. The molecule has 0 fully saturated rings. The van der Waals surface area contributed by atoms with Crippen LogP contribution in [0.4, 0.5) is 15.9 Å². The van der Waals surface area contributed by atoms with Crippen LogP contribution < -0.4 is 10.1 Å². The van der Waals surface area contributed by atoms with E-state index in [0.29, 0.717) is 17.9 Å². The third kappa shape index (κ3) is 5.76. The van der Waals surface area contributed by atoms with Crippen LogP contribution in [0.5, 0.6) is 5.75 Å². The molecule has 0 radical (unpaired) electrons. The smallest absolute Gasteiger partial charge is 0.269 e. The van der Waals surface area contributed by atoms with E-state index in [1.807, 2.05) is 0 Å². The lowest BCUT2D eigenvalue weighted by Gasteiger charge is -2.08. The molecule has 0 aliphatic rings. The van der Waals surface area contributed by atoms with Gasteiger partial charge in [-0.2, -0.15) is 5.10 Å². The Balaban J connectivity index is 1.38. The third-order valence-corrected chi connectivity index (χ3v) is 5.13. The number of carbonyl (C=O) groups excluding carboxylic acids is 1. The first-order valence-electron chi connectivity index (χ1n) is 10.1. The lowest BCUT2D eigenvalue weighted by atomic mass is 10.1.